The molecule has 1 N–H and O–H groups in total. The summed E-state index contributed by atoms with van der Waals surface area (Å²) in [4.78, 5) is 38.1. The number of imide groups is 1. The highest BCUT2D eigenvalue weighted by molar-refractivity contribution is 6.31. The molecule has 1 aromatic heterocycles. The van der Waals surface area contributed by atoms with Crippen LogP contribution < -0.4 is 14.8 Å². The maximum atomic E-state index is 13.0. The van der Waals surface area contributed by atoms with Crippen LogP contribution in [0.25, 0.3) is 6.08 Å². The number of amides is 3. The van der Waals surface area contributed by atoms with Crippen LogP contribution in [0.2, 0.25) is 10.0 Å². The summed E-state index contributed by atoms with van der Waals surface area (Å²) in [5, 5.41) is 3.41. The highest BCUT2D eigenvalue weighted by Crippen LogP contribution is 2.37. The molecule has 2 aromatic carbocycles. The lowest BCUT2D eigenvalue weighted by Gasteiger charge is -2.15. The third-order valence-corrected chi connectivity index (χ3v) is 5.81. The van der Waals surface area contributed by atoms with Crippen LogP contribution in [0.1, 0.15) is 27.4 Å². The van der Waals surface area contributed by atoms with Gasteiger partial charge in [0.15, 0.2) is 11.5 Å². The first-order valence-electron chi connectivity index (χ1n) is 10.6. The topological polar surface area (TPSA) is 107 Å². The van der Waals surface area contributed by atoms with Crippen LogP contribution in [-0.4, -0.2) is 37.0 Å². The van der Waals surface area contributed by atoms with Gasteiger partial charge in [0.1, 0.15) is 18.1 Å². The van der Waals surface area contributed by atoms with Crippen LogP contribution in [0.15, 0.2) is 58.6 Å². The van der Waals surface area contributed by atoms with E-state index < -0.39 is 17.9 Å². The number of benzene rings is 2. The number of hydrogen-bond donors (Lipinski definition) is 1. The van der Waals surface area contributed by atoms with Gasteiger partial charge in [0.2, 0.25) is 5.76 Å². The number of methoxy groups -OCH3 is 2. The molecule has 3 aromatic rings. The zero-order valence-electron chi connectivity index (χ0n) is 19.2. The molecule has 9 nitrogen and oxygen atoms in total. The van der Waals surface area contributed by atoms with E-state index in [0.717, 1.165) is 10.5 Å². The lowest BCUT2D eigenvalue weighted by atomic mass is 10.1. The van der Waals surface area contributed by atoms with Gasteiger partial charge in [-0.15, -0.1) is 0 Å². The molecule has 186 valence electrons. The summed E-state index contributed by atoms with van der Waals surface area (Å²) in [6.45, 7) is -0.0605. The van der Waals surface area contributed by atoms with Crippen LogP contribution in [-0.2, 0) is 22.7 Å². The van der Waals surface area contributed by atoms with Crippen LogP contribution in [0, 0.1) is 0 Å². The number of nitrogens with one attached hydrogen (secondary N) is 1. The molecule has 0 unspecified atom stereocenters. The Morgan fingerprint density at radius 2 is 1.89 bits per heavy atom. The van der Waals surface area contributed by atoms with E-state index in [0.29, 0.717) is 27.1 Å². The van der Waals surface area contributed by atoms with Gasteiger partial charge in [-0.3, -0.25) is 9.69 Å². The molecule has 11 heteroatoms. The Bertz CT molecular complexity index is 1370. The number of ether oxygens (including phenoxy) is 3. The Morgan fingerprint density at radius 1 is 1.11 bits per heavy atom. The van der Waals surface area contributed by atoms with Gasteiger partial charge >= 0.3 is 12.0 Å². The Morgan fingerprint density at radius 3 is 2.61 bits per heavy atom. The molecule has 0 bridgehead atoms. The van der Waals surface area contributed by atoms with Gasteiger partial charge in [-0.2, -0.15) is 0 Å². The third kappa shape index (κ3) is 5.32. The standard InChI is InChI=1S/C25H20Cl2N2O7/c1-33-21-11-16(26)9-15(22(21)35-13-14-5-3-4-6-18(14)27)10-19-23(30)29(25(32)28-19)12-17-7-8-20(36-17)24(31)34-2/h3-11H,12-13H2,1-2H3,(H,28,32)/b19-10-. The quantitative estimate of drug-likeness (QED) is 0.246. The number of urea groups is 1. The summed E-state index contributed by atoms with van der Waals surface area (Å²) in [7, 11) is 2.68. The second-order valence-electron chi connectivity index (χ2n) is 7.54. The third-order valence-electron chi connectivity index (χ3n) is 5.22. The number of furan rings is 1. The lowest BCUT2D eigenvalue weighted by molar-refractivity contribution is -0.123. The van der Waals surface area contributed by atoms with Gasteiger partial charge in [0.25, 0.3) is 5.91 Å². The summed E-state index contributed by atoms with van der Waals surface area (Å²) in [5.74, 6) is -0.440. The van der Waals surface area contributed by atoms with Crippen molar-refractivity contribution in [2.24, 2.45) is 0 Å². The predicted octanol–water partition coefficient (Wildman–Crippen LogP) is 5.05. The Hall–Kier alpha value is -3.95. The predicted molar refractivity (Wildman–Crippen MR) is 131 cm³/mol. The number of nitrogens with zero attached hydrogens (tertiary/aromatic N) is 1. The van der Waals surface area contributed by atoms with Gasteiger partial charge in [-0.05, 0) is 30.3 Å². The monoisotopic (exact) mass is 530 g/mol. The molecule has 0 atom stereocenters. The molecular formula is C25H20Cl2N2O7. The summed E-state index contributed by atoms with van der Waals surface area (Å²) in [6, 6.07) is 12.6. The first kappa shape index (κ1) is 25.2. The fourth-order valence-electron chi connectivity index (χ4n) is 3.47. The summed E-state index contributed by atoms with van der Waals surface area (Å²) in [5.41, 5.74) is 1.14. The molecule has 36 heavy (non-hydrogen) atoms. The Kier molecular flexibility index (Phi) is 7.52. The van der Waals surface area contributed by atoms with Gasteiger partial charge in [-0.1, -0.05) is 41.4 Å². The van der Waals surface area contributed by atoms with Gasteiger partial charge < -0.3 is 23.9 Å². The van der Waals surface area contributed by atoms with E-state index in [4.69, 9.17) is 37.1 Å². The average molecular weight is 531 g/mol. The molecule has 0 spiro atoms. The van der Waals surface area contributed by atoms with E-state index in [1.54, 1.807) is 18.2 Å². The maximum absolute atomic E-state index is 13.0. The van der Waals surface area contributed by atoms with Crippen LogP contribution in [0.5, 0.6) is 11.5 Å². The van der Waals surface area contributed by atoms with E-state index >= 15 is 0 Å². The minimum absolute atomic E-state index is 0.00772. The molecule has 1 aliphatic rings. The molecule has 0 saturated carbocycles. The molecule has 0 radical (unpaired) electrons. The second-order valence-corrected chi connectivity index (χ2v) is 8.39. The van der Waals surface area contributed by atoms with Crippen molar-refractivity contribution in [3.63, 3.8) is 0 Å². The number of carbonyl (C=O) groups is 3. The van der Waals surface area contributed by atoms with Crippen LogP contribution in [0.4, 0.5) is 4.79 Å². The van der Waals surface area contributed by atoms with Crippen molar-refractivity contribution >= 4 is 47.2 Å². The summed E-state index contributed by atoms with van der Waals surface area (Å²) in [6.07, 6.45) is 1.44. The number of carbonyl (C=O) groups excluding carboxylic acids is 3. The molecule has 2 heterocycles. The molecule has 0 aliphatic carbocycles. The smallest absolute Gasteiger partial charge is 0.373 e. The summed E-state index contributed by atoms with van der Waals surface area (Å²) >= 11 is 12.5. The average Bonchev–Trinajstić information content (AvgIpc) is 3.44. The van der Waals surface area contributed by atoms with Crippen molar-refractivity contribution in [2.45, 2.75) is 13.2 Å². The highest BCUT2D eigenvalue weighted by Gasteiger charge is 2.35. The van der Waals surface area contributed by atoms with Crippen molar-refractivity contribution in [3.8, 4) is 11.5 Å². The maximum Gasteiger partial charge on any atom is 0.373 e. The zero-order chi connectivity index (χ0) is 25.8. The van der Waals surface area contributed by atoms with Crippen LogP contribution >= 0.6 is 23.2 Å². The first-order chi connectivity index (χ1) is 17.3. The van der Waals surface area contributed by atoms with E-state index in [-0.39, 0.29) is 30.4 Å². The fraction of sp³-hybridized carbons (Fsp3) is 0.160. The molecule has 1 saturated heterocycles. The molecular weight excluding hydrogens is 511 g/mol. The number of esters is 1. The van der Waals surface area contributed by atoms with E-state index in [1.807, 2.05) is 18.2 Å². The van der Waals surface area contributed by atoms with Gasteiger partial charge in [0.05, 0.1) is 20.8 Å². The number of hydrogen-bond acceptors (Lipinski definition) is 7. The number of rotatable bonds is 8. The SMILES string of the molecule is COC(=O)c1ccc(CN2C(=O)N/C(=C\c3cc(Cl)cc(OC)c3OCc3ccccc3Cl)C2=O)o1. The summed E-state index contributed by atoms with van der Waals surface area (Å²) < 4.78 is 21.4. The minimum Gasteiger partial charge on any atom is -0.493 e. The lowest BCUT2D eigenvalue weighted by Crippen LogP contribution is -2.30. The van der Waals surface area contributed by atoms with Crippen LogP contribution in [0.3, 0.4) is 0 Å². The minimum atomic E-state index is -0.668. The molecule has 3 amide bonds. The molecule has 1 fully saturated rings. The van der Waals surface area contributed by atoms with Crippen molar-refractivity contribution in [1.29, 1.82) is 0 Å². The molecule has 4 rings (SSSR count). The highest BCUT2D eigenvalue weighted by atomic mass is 35.5. The van der Waals surface area contributed by atoms with E-state index in [9.17, 15) is 14.4 Å². The van der Waals surface area contributed by atoms with Crippen molar-refractivity contribution < 1.29 is 33.0 Å². The normalized spacial score (nSPS) is 14.2. The van der Waals surface area contributed by atoms with E-state index in [1.165, 1.54) is 32.4 Å². The Balaban J connectivity index is 1.60. The van der Waals surface area contributed by atoms with Gasteiger partial charge in [0, 0.05) is 27.2 Å². The molecule has 1 aliphatic heterocycles. The number of halogens is 2. The van der Waals surface area contributed by atoms with Crippen molar-refractivity contribution in [3.05, 3.63) is 86.9 Å². The Labute approximate surface area is 216 Å². The fourth-order valence-corrected chi connectivity index (χ4v) is 3.87. The van der Waals surface area contributed by atoms with E-state index in [2.05, 4.69) is 10.1 Å². The largest absolute Gasteiger partial charge is 0.493 e. The second kappa shape index (κ2) is 10.8. The van der Waals surface area contributed by atoms with Crippen molar-refractivity contribution in [1.82, 2.24) is 10.2 Å². The van der Waals surface area contributed by atoms with Crippen molar-refractivity contribution in [2.75, 3.05) is 14.2 Å². The first-order valence-corrected chi connectivity index (χ1v) is 11.3. The van der Waals surface area contributed by atoms with Gasteiger partial charge in [-0.25, -0.2) is 9.59 Å². The zero-order valence-corrected chi connectivity index (χ0v) is 20.7.